The van der Waals surface area contributed by atoms with Gasteiger partial charge in [-0.05, 0) is 41.7 Å². The average Bonchev–Trinajstić information content (AvgIpc) is 2.60. The quantitative estimate of drug-likeness (QED) is 0.886. The Bertz CT molecular complexity index is 757. The number of rotatable bonds is 5. The number of amides is 1. The number of carbonyl (C=O) groups excluding carboxylic acids is 1. The fourth-order valence-corrected chi connectivity index (χ4v) is 2.87. The van der Waals surface area contributed by atoms with Gasteiger partial charge in [0.15, 0.2) is 6.10 Å². The van der Waals surface area contributed by atoms with E-state index in [0.29, 0.717) is 18.7 Å². The summed E-state index contributed by atoms with van der Waals surface area (Å²) in [5.41, 5.74) is 3.57. The Morgan fingerprint density at radius 3 is 2.83 bits per heavy atom. The van der Waals surface area contributed by atoms with Crippen molar-refractivity contribution in [3.63, 3.8) is 0 Å². The van der Waals surface area contributed by atoms with Crippen molar-refractivity contribution in [3.05, 3.63) is 65.2 Å². The highest BCUT2D eigenvalue weighted by molar-refractivity contribution is 5.95. The Kier molecular flexibility index (Phi) is 4.91. The van der Waals surface area contributed by atoms with Crippen molar-refractivity contribution in [2.75, 3.05) is 11.9 Å². The normalized spacial score (nSPS) is 16.2. The summed E-state index contributed by atoms with van der Waals surface area (Å²) in [6.07, 6.45) is 0.695. The fourth-order valence-electron chi connectivity index (χ4n) is 2.87. The molecule has 0 aliphatic carbocycles. The molecule has 1 aliphatic rings. The number of carboxylic acids is 1. The van der Waals surface area contributed by atoms with Gasteiger partial charge in [0.25, 0.3) is 5.91 Å². The number of hydrogen-bond donors (Lipinski definition) is 2. The van der Waals surface area contributed by atoms with E-state index < -0.39 is 12.1 Å². The Balaban J connectivity index is 1.72. The van der Waals surface area contributed by atoms with Gasteiger partial charge >= 0.3 is 5.97 Å². The summed E-state index contributed by atoms with van der Waals surface area (Å²) in [6, 6.07) is 15.1. The molecule has 0 bridgehead atoms. The van der Waals surface area contributed by atoms with Crippen LogP contribution in [-0.2, 0) is 27.2 Å². The molecule has 5 nitrogen and oxygen atoms in total. The first-order chi connectivity index (χ1) is 11.6. The van der Waals surface area contributed by atoms with Gasteiger partial charge in [-0.25, -0.2) is 0 Å². The number of aliphatic carboxylic acids is 1. The second-order valence-electron chi connectivity index (χ2n) is 5.78. The van der Waals surface area contributed by atoms with E-state index in [0.717, 1.165) is 23.1 Å². The minimum Gasteiger partial charge on any atom is -0.481 e. The van der Waals surface area contributed by atoms with Crippen molar-refractivity contribution in [1.29, 1.82) is 0 Å². The number of fused-ring (bicyclic) bond motifs is 1. The molecule has 3 rings (SSSR count). The Hall–Kier alpha value is -2.66. The molecule has 124 valence electrons. The monoisotopic (exact) mass is 325 g/mol. The second-order valence-corrected chi connectivity index (χ2v) is 5.78. The Labute approximate surface area is 140 Å². The van der Waals surface area contributed by atoms with E-state index in [4.69, 9.17) is 9.84 Å². The highest BCUT2D eigenvalue weighted by atomic mass is 16.5. The zero-order valence-corrected chi connectivity index (χ0v) is 13.2. The summed E-state index contributed by atoms with van der Waals surface area (Å²) in [5, 5.41) is 11.6. The molecular formula is C19H19NO4. The van der Waals surface area contributed by atoms with E-state index in [1.54, 1.807) is 12.1 Å². The number of carbonyl (C=O) groups is 2. The van der Waals surface area contributed by atoms with Crippen molar-refractivity contribution in [2.45, 2.75) is 25.4 Å². The molecule has 0 fully saturated rings. The molecule has 5 heteroatoms. The van der Waals surface area contributed by atoms with Crippen molar-refractivity contribution in [3.8, 4) is 0 Å². The van der Waals surface area contributed by atoms with Gasteiger partial charge in [-0.3, -0.25) is 9.59 Å². The number of benzene rings is 2. The number of anilines is 1. The van der Waals surface area contributed by atoms with Gasteiger partial charge in [0.05, 0.1) is 6.61 Å². The lowest BCUT2D eigenvalue weighted by Crippen LogP contribution is -2.28. The number of ether oxygens (including phenoxy) is 1. The van der Waals surface area contributed by atoms with Gasteiger partial charge in [0.1, 0.15) is 0 Å². The highest BCUT2D eigenvalue weighted by Gasteiger charge is 2.27. The third-order valence-corrected chi connectivity index (χ3v) is 4.05. The molecule has 1 heterocycles. The summed E-state index contributed by atoms with van der Waals surface area (Å²) >= 11 is 0. The molecule has 0 saturated heterocycles. The molecule has 24 heavy (non-hydrogen) atoms. The van der Waals surface area contributed by atoms with Crippen LogP contribution < -0.4 is 5.32 Å². The van der Waals surface area contributed by atoms with Crippen LogP contribution in [0.15, 0.2) is 48.5 Å². The molecule has 1 aliphatic heterocycles. The first-order valence-electron chi connectivity index (χ1n) is 7.94. The lowest BCUT2D eigenvalue weighted by Gasteiger charge is -2.25. The lowest BCUT2D eigenvalue weighted by molar-refractivity contribution is -0.137. The summed E-state index contributed by atoms with van der Waals surface area (Å²) < 4.78 is 5.66. The van der Waals surface area contributed by atoms with Crippen molar-refractivity contribution >= 4 is 17.6 Å². The van der Waals surface area contributed by atoms with Crippen LogP contribution in [0, 0.1) is 0 Å². The predicted molar refractivity (Wildman–Crippen MR) is 89.9 cm³/mol. The number of nitrogens with one attached hydrogen (secondary N) is 1. The van der Waals surface area contributed by atoms with E-state index in [1.807, 2.05) is 36.4 Å². The maximum absolute atomic E-state index is 12.6. The molecule has 0 spiro atoms. The molecule has 1 unspecified atom stereocenters. The van der Waals surface area contributed by atoms with Crippen molar-refractivity contribution in [1.82, 2.24) is 0 Å². The van der Waals surface area contributed by atoms with E-state index in [1.165, 1.54) is 0 Å². The van der Waals surface area contributed by atoms with Crippen LogP contribution in [0.1, 0.15) is 29.2 Å². The molecule has 2 aromatic carbocycles. The van der Waals surface area contributed by atoms with Gasteiger partial charge in [-0.1, -0.05) is 36.4 Å². The van der Waals surface area contributed by atoms with E-state index in [2.05, 4.69) is 5.32 Å². The van der Waals surface area contributed by atoms with Gasteiger partial charge < -0.3 is 15.2 Å². The van der Waals surface area contributed by atoms with Gasteiger partial charge in [-0.15, -0.1) is 0 Å². The minimum absolute atomic E-state index is 0.0660. The zero-order chi connectivity index (χ0) is 16.9. The fraction of sp³-hybridized carbons (Fsp3) is 0.263. The van der Waals surface area contributed by atoms with Crippen LogP contribution in [-0.4, -0.2) is 23.6 Å². The third kappa shape index (κ3) is 3.81. The number of aryl methyl sites for hydroxylation is 1. The van der Waals surface area contributed by atoms with E-state index in [-0.39, 0.29) is 12.3 Å². The molecule has 1 amide bonds. The number of carboxylic acid groups (broad SMARTS) is 1. The smallest absolute Gasteiger partial charge is 0.303 e. The average molecular weight is 325 g/mol. The van der Waals surface area contributed by atoms with E-state index in [9.17, 15) is 9.59 Å². The van der Waals surface area contributed by atoms with Crippen molar-refractivity contribution < 1.29 is 19.4 Å². The standard InChI is InChI=1S/C19H19NO4/c21-17(22)9-8-13-4-3-6-15(12-13)20-19(23)18-16-7-2-1-5-14(16)10-11-24-18/h1-7,12,18H,8-11H2,(H,20,23)(H,21,22). The number of hydrogen-bond acceptors (Lipinski definition) is 3. The lowest BCUT2D eigenvalue weighted by atomic mass is 9.97. The van der Waals surface area contributed by atoms with Gasteiger partial charge in [0.2, 0.25) is 0 Å². The third-order valence-electron chi connectivity index (χ3n) is 4.05. The predicted octanol–water partition coefficient (Wildman–Crippen LogP) is 2.96. The second kappa shape index (κ2) is 7.27. The molecule has 1 atom stereocenters. The molecule has 2 aromatic rings. The summed E-state index contributed by atoms with van der Waals surface area (Å²) in [5.74, 6) is -1.05. The van der Waals surface area contributed by atoms with Crippen LogP contribution in [0.5, 0.6) is 0 Å². The summed E-state index contributed by atoms with van der Waals surface area (Å²) in [6.45, 7) is 0.522. The maximum atomic E-state index is 12.6. The zero-order valence-electron chi connectivity index (χ0n) is 13.2. The SMILES string of the molecule is O=C(O)CCc1cccc(NC(=O)C2OCCc3ccccc32)c1. The molecular weight excluding hydrogens is 306 g/mol. The highest BCUT2D eigenvalue weighted by Crippen LogP contribution is 2.28. The Morgan fingerprint density at radius 2 is 2.00 bits per heavy atom. The van der Waals surface area contributed by atoms with Crippen molar-refractivity contribution in [2.24, 2.45) is 0 Å². The molecule has 2 N–H and O–H groups in total. The molecule has 0 aromatic heterocycles. The van der Waals surface area contributed by atoms with E-state index >= 15 is 0 Å². The van der Waals surface area contributed by atoms with Crippen LogP contribution in [0.25, 0.3) is 0 Å². The maximum Gasteiger partial charge on any atom is 0.303 e. The summed E-state index contributed by atoms with van der Waals surface area (Å²) in [4.78, 5) is 23.2. The first-order valence-corrected chi connectivity index (χ1v) is 7.94. The largest absolute Gasteiger partial charge is 0.481 e. The summed E-state index contributed by atoms with van der Waals surface area (Å²) in [7, 11) is 0. The molecule has 0 radical (unpaired) electrons. The first kappa shape index (κ1) is 16.2. The topological polar surface area (TPSA) is 75.6 Å². The van der Waals surface area contributed by atoms with Gasteiger partial charge in [0, 0.05) is 12.1 Å². The Morgan fingerprint density at radius 1 is 1.17 bits per heavy atom. The minimum atomic E-state index is -0.836. The van der Waals surface area contributed by atoms with Crippen LogP contribution in [0.3, 0.4) is 0 Å². The molecule has 0 saturated carbocycles. The van der Waals surface area contributed by atoms with Gasteiger partial charge in [-0.2, -0.15) is 0 Å². The van der Waals surface area contributed by atoms with Crippen LogP contribution >= 0.6 is 0 Å². The van der Waals surface area contributed by atoms with Crippen LogP contribution in [0.2, 0.25) is 0 Å². The van der Waals surface area contributed by atoms with Crippen LogP contribution in [0.4, 0.5) is 5.69 Å².